The lowest BCUT2D eigenvalue weighted by molar-refractivity contribution is 0.0902. The SMILES string of the molecule is Cc1cccc(SCC(O)C2CCCC(C)C2)c1. The number of aliphatic hydroxyl groups is 1. The molecule has 1 aliphatic carbocycles. The Hall–Kier alpha value is -0.470. The molecule has 0 amide bonds. The van der Waals surface area contributed by atoms with E-state index >= 15 is 0 Å². The maximum absolute atomic E-state index is 10.3. The van der Waals surface area contributed by atoms with Crippen molar-refractivity contribution in [1.82, 2.24) is 0 Å². The zero-order chi connectivity index (χ0) is 13.0. The van der Waals surface area contributed by atoms with Gasteiger partial charge in [0, 0.05) is 10.6 Å². The Morgan fingerprint density at radius 3 is 2.94 bits per heavy atom. The van der Waals surface area contributed by atoms with Crippen LogP contribution >= 0.6 is 11.8 Å². The van der Waals surface area contributed by atoms with Gasteiger partial charge in [0.1, 0.15) is 0 Å². The third kappa shape index (κ3) is 4.03. The normalized spacial score (nSPS) is 25.9. The van der Waals surface area contributed by atoms with E-state index in [0.717, 1.165) is 11.7 Å². The van der Waals surface area contributed by atoms with Crippen LogP contribution in [0.2, 0.25) is 0 Å². The van der Waals surface area contributed by atoms with Crippen LogP contribution in [0.1, 0.15) is 38.2 Å². The van der Waals surface area contributed by atoms with Crippen molar-refractivity contribution in [3.63, 3.8) is 0 Å². The van der Waals surface area contributed by atoms with Crippen LogP contribution in [-0.2, 0) is 0 Å². The van der Waals surface area contributed by atoms with E-state index in [0.29, 0.717) is 5.92 Å². The van der Waals surface area contributed by atoms with E-state index in [2.05, 4.69) is 38.1 Å². The van der Waals surface area contributed by atoms with Gasteiger partial charge in [-0.15, -0.1) is 11.8 Å². The largest absolute Gasteiger partial charge is 0.392 e. The molecule has 1 aromatic carbocycles. The van der Waals surface area contributed by atoms with E-state index in [1.807, 2.05) is 0 Å². The summed E-state index contributed by atoms with van der Waals surface area (Å²) in [6.07, 6.45) is 4.90. The summed E-state index contributed by atoms with van der Waals surface area (Å²) in [6.45, 7) is 4.43. The predicted molar refractivity (Wildman–Crippen MR) is 79.0 cm³/mol. The summed E-state index contributed by atoms with van der Waals surface area (Å²) in [7, 11) is 0. The average Bonchev–Trinajstić information content (AvgIpc) is 2.36. The summed E-state index contributed by atoms with van der Waals surface area (Å²) < 4.78 is 0. The summed E-state index contributed by atoms with van der Waals surface area (Å²) in [6, 6.07) is 8.53. The fourth-order valence-corrected chi connectivity index (χ4v) is 3.93. The second-order valence-electron chi connectivity index (χ2n) is 5.73. The fraction of sp³-hybridized carbons (Fsp3) is 0.625. The second-order valence-corrected chi connectivity index (χ2v) is 6.82. The van der Waals surface area contributed by atoms with Crippen molar-refractivity contribution >= 4 is 11.8 Å². The molecule has 1 N–H and O–H groups in total. The predicted octanol–water partition coefficient (Wildman–Crippen LogP) is 4.27. The monoisotopic (exact) mass is 264 g/mol. The Kier molecular flexibility index (Phi) is 5.13. The number of benzene rings is 1. The van der Waals surface area contributed by atoms with Gasteiger partial charge in [-0.05, 0) is 43.7 Å². The third-order valence-electron chi connectivity index (χ3n) is 3.93. The summed E-state index contributed by atoms with van der Waals surface area (Å²) in [5.41, 5.74) is 1.29. The van der Waals surface area contributed by atoms with Crippen LogP contribution in [0.4, 0.5) is 0 Å². The molecule has 0 spiro atoms. The number of thioether (sulfide) groups is 1. The first-order chi connectivity index (χ1) is 8.65. The molecule has 0 aliphatic heterocycles. The summed E-state index contributed by atoms with van der Waals surface area (Å²) >= 11 is 1.79. The standard InChI is InChI=1S/C16H24OS/c1-12-5-3-7-14(9-12)16(17)11-18-15-8-4-6-13(2)10-15/h4,6,8,10,12,14,16-17H,3,5,7,9,11H2,1-2H3. The molecule has 1 aromatic rings. The van der Waals surface area contributed by atoms with Crippen molar-refractivity contribution < 1.29 is 5.11 Å². The topological polar surface area (TPSA) is 20.2 Å². The quantitative estimate of drug-likeness (QED) is 0.819. The molecule has 100 valence electrons. The maximum Gasteiger partial charge on any atom is 0.0662 e. The molecule has 0 bridgehead atoms. The highest BCUT2D eigenvalue weighted by Gasteiger charge is 2.25. The van der Waals surface area contributed by atoms with E-state index in [4.69, 9.17) is 0 Å². The van der Waals surface area contributed by atoms with Gasteiger partial charge in [-0.2, -0.15) is 0 Å². The van der Waals surface area contributed by atoms with Gasteiger partial charge in [0.15, 0.2) is 0 Å². The highest BCUT2D eigenvalue weighted by Crippen LogP contribution is 2.32. The number of aliphatic hydroxyl groups excluding tert-OH is 1. The number of hydrogen-bond acceptors (Lipinski definition) is 2. The first-order valence-corrected chi connectivity index (χ1v) is 8.01. The van der Waals surface area contributed by atoms with Crippen molar-refractivity contribution in [2.75, 3.05) is 5.75 Å². The van der Waals surface area contributed by atoms with E-state index in [9.17, 15) is 5.11 Å². The molecule has 1 saturated carbocycles. The molecule has 3 unspecified atom stereocenters. The van der Waals surface area contributed by atoms with Gasteiger partial charge in [0.2, 0.25) is 0 Å². The molecule has 1 aliphatic rings. The first kappa shape index (κ1) is 14.0. The van der Waals surface area contributed by atoms with Crippen LogP contribution in [-0.4, -0.2) is 17.0 Å². The molecule has 0 aromatic heterocycles. The lowest BCUT2D eigenvalue weighted by Gasteiger charge is -2.30. The summed E-state index contributed by atoms with van der Waals surface area (Å²) in [5.74, 6) is 2.15. The van der Waals surface area contributed by atoms with Crippen LogP contribution in [0, 0.1) is 18.8 Å². The Bertz CT molecular complexity index is 377. The number of aryl methyl sites for hydroxylation is 1. The van der Waals surface area contributed by atoms with Gasteiger partial charge < -0.3 is 5.11 Å². The first-order valence-electron chi connectivity index (χ1n) is 7.02. The molecule has 3 atom stereocenters. The fourth-order valence-electron chi connectivity index (χ4n) is 2.85. The van der Waals surface area contributed by atoms with Crippen molar-refractivity contribution in [2.45, 2.75) is 50.5 Å². The number of rotatable bonds is 4. The van der Waals surface area contributed by atoms with Crippen LogP contribution in [0.15, 0.2) is 29.2 Å². The van der Waals surface area contributed by atoms with Gasteiger partial charge in [-0.25, -0.2) is 0 Å². The maximum atomic E-state index is 10.3. The lowest BCUT2D eigenvalue weighted by Crippen LogP contribution is -2.27. The summed E-state index contributed by atoms with van der Waals surface area (Å²) in [5, 5.41) is 10.3. The Morgan fingerprint density at radius 1 is 1.39 bits per heavy atom. The van der Waals surface area contributed by atoms with Crippen molar-refractivity contribution in [1.29, 1.82) is 0 Å². The average molecular weight is 264 g/mol. The molecule has 1 fully saturated rings. The van der Waals surface area contributed by atoms with E-state index in [-0.39, 0.29) is 6.10 Å². The number of hydrogen-bond donors (Lipinski definition) is 1. The highest BCUT2D eigenvalue weighted by atomic mass is 32.2. The molecule has 1 nitrogen and oxygen atoms in total. The highest BCUT2D eigenvalue weighted by molar-refractivity contribution is 7.99. The van der Waals surface area contributed by atoms with Crippen LogP contribution in [0.5, 0.6) is 0 Å². The Balaban J connectivity index is 1.82. The minimum absolute atomic E-state index is 0.140. The van der Waals surface area contributed by atoms with E-state index < -0.39 is 0 Å². The lowest BCUT2D eigenvalue weighted by atomic mass is 9.80. The summed E-state index contributed by atoms with van der Waals surface area (Å²) in [4.78, 5) is 1.28. The van der Waals surface area contributed by atoms with Gasteiger partial charge in [-0.1, -0.05) is 37.5 Å². The Labute approximate surface area is 115 Å². The molecule has 2 heteroatoms. The van der Waals surface area contributed by atoms with E-state index in [1.54, 1.807) is 11.8 Å². The smallest absolute Gasteiger partial charge is 0.0662 e. The Morgan fingerprint density at radius 2 is 2.22 bits per heavy atom. The molecule has 18 heavy (non-hydrogen) atoms. The molecule has 0 heterocycles. The zero-order valence-electron chi connectivity index (χ0n) is 11.4. The molecule has 2 rings (SSSR count). The minimum Gasteiger partial charge on any atom is -0.392 e. The van der Waals surface area contributed by atoms with Crippen molar-refractivity contribution in [2.24, 2.45) is 11.8 Å². The molecular weight excluding hydrogens is 240 g/mol. The minimum atomic E-state index is -0.140. The van der Waals surface area contributed by atoms with Crippen molar-refractivity contribution in [3.05, 3.63) is 29.8 Å². The van der Waals surface area contributed by atoms with Gasteiger partial charge in [0.05, 0.1) is 6.10 Å². The van der Waals surface area contributed by atoms with Gasteiger partial charge in [0.25, 0.3) is 0 Å². The van der Waals surface area contributed by atoms with Crippen LogP contribution in [0.25, 0.3) is 0 Å². The molecule has 0 radical (unpaired) electrons. The second kappa shape index (κ2) is 6.63. The third-order valence-corrected chi connectivity index (χ3v) is 5.03. The molecule has 0 saturated heterocycles. The van der Waals surface area contributed by atoms with Crippen LogP contribution in [0.3, 0.4) is 0 Å². The van der Waals surface area contributed by atoms with Gasteiger partial charge in [-0.3, -0.25) is 0 Å². The molecular formula is C16H24OS. The zero-order valence-corrected chi connectivity index (χ0v) is 12.2. The van der Waals surface area contributed by atoms with Gasteiger partial charge >= 0.3 is 0 Å². The van der Waals surface area contributed by atoms with Crippen LogP contribution < -0.4 is 0 Å². The van der Waals surface area contributed by atoms with E-state index in [1.165, 1.54) is 36.1 Å². The van der Waals surface area contributed by atoms with Crippen molar-refractivity contribution in [3.8, 4) is 0 Å².